The van der Waals surface area contributed by atoms with Crippen LogP contribution in [-0.4, -0.2) is 11.3 Å². The summed E-state index contributed by atoms with van der Waals surface area (Å²) in [7, 11) is 0. The molecule has 6 heavy (non-hydrogen) atoms. The van der Waals surface area contributed by atoms with E-state index in [0.29, 0.717) is 0 Å². The molecule has 0 aliphatic heterocycles. The van der Waals surface area contributed by atoms with E-state index in [1.54, 1.807) is 0 Å². The Labute approximate surface area is 57.9 Å². The molecule has 36 valence electrons. The first-order valence-corrected chi connectivity index (χ1v) is 6.54. The maximum Gasteiger partial charge on any atom is 0.0129 e. The Morgan fingerprint density at radius 2 is 2.50 bits per heavy atom. The molecule has 0 fully saturated rings. The minimum absolute atomic E-state index is 0.0837. The normalized spacial score (nSPS) is 13.7. The van der Waals surface area contributed by atoms with Crippen LogP contribution >= 0.6 is 39.8 Å². The summed E-state index contributed by atoms with van der Waals surface area (Å²) in [5, 5.41) is 1.86. The second-order valence-electron chi connectivity index (χ2n) is 0.821. The summed E-state index contributed by atoms with van der Waals surface area (Å²) in [5.41, 5.74) is 0.0837. The fourth-order valence-corrected chi connectivity index (χ4v) is 0.671. The Morgan fingerprint density at radius 1 is 2.00 bits per heavy atom. The van der Waals surface area contributed by atoms with Crippen LogP contribution < -0.4 is 0 Å². The number of hydrogen-bond acceptors (Lipinski definition) is 1. The molecule has 3 heteroatoms. The van der Waals surface area contributed by atoms with Gasteiger partial charge in [0, 0.05) is 5.11 Å². The number of hydrogen-bond donors (Lipinski definition) is 0. The van der Waals surface area contributed by atoms with Crippen LogP contribution in [0.25, 0.3) is 0 Å². The molecule has 0 spiro atoms. The number of rotatable bonds is 2. The molecule has 0 aromatic carbocycles. The van der Waals surface area contributed by atoms with Crippen LogP contribution in [0.2, 0.25) is 0 Å². The molecule has 0 bridgehead atoms. The summed E-state index contributed by atoms with van der Waals surface area (Å²) >= 11 is 7.04. The van der Waals surface area contributed by atoms with Crippen molar-refractivity contribution in [1.29, 1.82) is 0 Å². The van der Waals surface area contributed by atoms with Crippen molar-refractivity contribution in [1.82, 2.24) is 0 Å². The fraction of sp³-hybridized carbons (Fsp3) is 0.667. The predicted octanol–water partition coefficient (Wildman–Crippen LogP) is 2.80. The fourth-order valence-electron chi connectivity index (χ4n) is 0.0745. The zero-order valence-electron chi connectivity index (χ0n) is 3.52. The van der Waals surface area contributed by atoms with Crippen molar-refractivity contribution in [3.63, 3.8) is 0 Å². The highest BCUT2D eigenvalue weighted by atomic mass is 127. The van der Waals surface area contributed by atoms with E-state index in [1.807, 2.05) is 5.11 Å². The summed E-state index contributed by atoms with van der Waals surface area (Å²) in [5.74, 6) is 0. The van der Waals surface area contributed by atoms with Gasteiger partial charge < -0.3 is 0 Å². The van der Waals surface area contributed by atoms with Gasteiger partial charge in [0.05, 0.1) is 0 Å². The van der Waals surface area contributed by atoms with Crippen molar-refractivity contribution in [2.45, 2.75) is 6.92 Å². The van der Waals surface area contributed by atoms with Crippen molar-refractivity contribution in [3.05, 3.63) is 0 Å². The van der Waals surface area contributed by atoms with Crippen LogP contribution in [-0.2, 0) is 0 Å². The molecule has 0 radical (unpaired) electrons. The molecule has 0 saturated heterocycles. The van der Waals surface area contributed by atoms with Crippen molar-refractivity contribution in [3.8, 4) is 0 Å². The molecule has 0 unspecified atom stereocenters. The van der Waals surface area contributed by atoms with Gasteiger partial charge in [0.2, 0.25) is 0 Å². The van der Waals surface area contributed by atoms with Crippen molar-refractivity contribution in [2.75, 3.05) is 6.16 Å². The number of halogens is 1. The maximum atomic E-state index is 4.67. The SMILES string of the molecule is CC[P@](I)C=S. The van der Waals surface area contributed by atoms with Crippen LogP contribution in [0.1, 0.15) is 6.92 Å². The van der Waals surface area contributed by atoms with Crippen LogP contribution in [0.3, 0.4) is 0 Å². The molecule has 0 nitrogen and oxygen atoms in total. The Bertz CT molecular complexity index is 48.1. The van der Waals surface area contributed by atoms with Crippen molar-refractivity contribution in [2.24, 2.45) is 0 Å². The molecule has 0 heterocycles. The lowest BCUT2D eigenvalue weighted by atomic mass is 11.0. The van der Waals surface area contributed by atoms with E-state index < -0.39 is 0 Å². The monoisotopic (exact) mass is 232 g/mol. The van der Waals surface area contributed by atoms with Gasteiger partial charge in [-0.3, -0.25) is 0 Å². The highest BCUT2D eigenvalue weighted by Crippen LogP contribution is 2.40. The molecular formula is C3H6IPS. The summed E-state index contributed by atoms with van der Waals surface area (Å²) in [6.45, 7) is 2.15. The van der Waals surface area contributed by atoms with E-state index in [1.165, 1.54) is 6.16 Å². The van der Waals surface area contributed by atoms with Crippen molar-refractivity contribution >= 4 is 44.9 Å². The summed E-state index contributed by atoms with van der Waals surface area (Å²) in [4.78, 5) is 0. The zero-order chi connectivity index (χ0) is 4.99. The Balaban J connectivity index is 2.96. The second-order valence-corrected chi connectivity index (χ2v) is 6.81. The van der Waals surface area contributed by atoms with E-state index in [9.17, 15) is 0 Å². The van der Waals surface area contributed by atoms with Gasteiger partial charge in [-0.25, -0.2) is 0 Å². The molecule has 0 saturated carbocycles. The molecule has 0 amide bonds. The molecule has 0 rings (SSSR count). The van der Waals surface area contributed by atoms with Crippen LogP contribution in [0, 0.1) is 0 Å². The average Bonchev–Trinajstić information content (AvgIpc) is 1.65. The van der Waals surface area contributed by atoms with Gasteiger partial charge >= 0.3 is 0 Å². The highest BCUT2D eigenvalue weighted by Gasteiger charge is 1.87. The van der Waals surface area contributed by atoms with E-state index in [4.69, 9.17) is 0 Å². The quantitative estimate of drug-likeness (QED) is 0.400. The van der Waals surface area contributed by atoms with Crippen molar-refractivity contribution < 1.29 is 0 Å². The molecule has 0 aromatic heterocycles. The Morgan fingerprint density at radius 3 is 2.50 bits per heavy atom. The molecule has 1 atom stereocenters. The zero-order valence-corrected chi connectivity index (χ0v) is 7.39. The molecular weight excluding hydrogens is 226 g/mol. The molecule has 0 N–H and O–H groups in total. The summed E-state index contributed by atoms with van der Waals surface area (Å²) in [6.07, 6.45) is 1.22. The Hall–Kier alpha value is 1.25. The smallest absolute Gasteiger partial charge is 0.0129 e. The van der Waals surface area contributed by atoms with Crippen LogP contribution in [0.5, 0.6) is 0 Å². The van der Waals surface area contributed by atoms with Gasteiger partial charge in [-0.15, -0.1) is 0 Å². The van der Waals surface area contributed by atoms with E-state index in [2.05, 4.69) is 41.2 Å². The lowest BCUT2D eigenvalue weighted by Gasteiger charge is -1.90. The third-order valence-electron chi connectivity index (χ3n) is 0.416. The highest BCUT2D eigenvalue weighted by molar-refractivity contribution is 14.2. The average molecular weight is 232 g/mol. The first kappa shape index (κ1) is 7.25. The van der Waals surface area contributed by atoms with Gasteiger partial charge in [0.1, 0.15) is 0 Å². The first-order valence-electron chi connectivity index (χ1n) is 1.69. The third kappa shape index (κ3) is 3.44. The van der Waals surface area contributed by atoms with Crippen LogP contribution in [0.4, 0.5) is 0 Å². The van der Waals surface area contributed by atoms with E-state index in [0.717, 1.165) is 0 Å². The predicted molar refractivity (Wildman–Crippen MR) is 45.1 cm³/mol. The van der Waals surface area contributed by atoms with Gasteiger partial charge in [-0.2, -0.15) is 0 Å². The number of thiocarbonyl (C=S) groups is 1. The minimum Gasteiger partial charge on any atom is -0.0874 e. The maximum absolute atomic E-state index is 4.67. The van der Waals surface area contributed by atoms with Gasteiger partial charge in [0.25, 0.3) is 0 Å². The second kappa shape index (κ2) is 4.41. The van der Waals surface area contributed by atoms with Gasteiger partial charge in [-0.1, -0.05) is 19.1 Å². The minimum atomic E-state index is 0.0837. The summed E-state index contributed by atoms with van der Waals surface area (Å²) < 4.78 is 0. The molecule has 0 aliphatic rings. The van der Waals surface area contributed by atoms with E-state index in [-0.39, 0.29) is 5.56 Å². The first-order chi connectivity index (χ1) is 2.81. The largest absolute Gasteiger partial charge is 0.0874 e. The van der Waals surface area contributed by atoms with Gasteiger partial charge in [0.15, 0.2) is 0 Å². The summed E-state index contributed by atoms with van der Waals surface area (Å²) in [6, 6.07) is 0. The lowest BCUT2D eigenvalue weighted by molar-refractivity contribution is 1.53. The lowest BCUT2D eigenvalue weighted by Crippen LogP contribution is -1.62. The van der Waals surface area contributed by atoms with Gasteiger partial charge in [-0.05, 0) is 33.8 Å². The van der Waals surface area contributed by atoms with E-state index >= 15 is 0 Å². The third-order valence-corrected chi connectivity index (χ3v) is 6.03. The standard InChI is InChI=1S/C3H6IPS/c1-2-5(4)3-6/h3H,2H2,1H3/t5-/m0/s1. The molecule has 0 aliphatic carbocycles. The topological polar surface area (TPSA) is 0 Å². The Kier molecular flexibility index (Phi) is 5.33. The van der Waals surface area contributed by atoms with Crippen LogP contribution in [0.15, 0.2) is 0 Å². The molecule has 0 aromatic rings.